The molecule has 0 saturated heterocycles. The molecule has 0 rings (SSSR count). The molecular weight excluding hydrogens is 1410 g/mol. The molecule has 0 aliphatic heterocycles. The molecule has 17 nitrogen and oxygen atoms in total. The zero-order valence-corrected chi connectivity index (χ0v) is 73.3. The highest BCUT2D eigenvalue weighted by atomic mass is 31.2. The molecule has 0 spiro atoms. The van der Waals surface area contributed by atoms with Crippen LogP contribution in [-0.4, -0.2) is 96.7 Å². The largest absolute Gasteiger partial charge is 0.472 e. The number of hydrogen-bond donors (Lipinski definition) is 3. The highest BCUT2D eigenvalue weighted by Crippen LogP contribution is 2.45. The lowest BCUT2D eigenvalue weighted by Crippen LogP contribution is -2.30. The van der Waals surface area contributed by atoms with Gasteiger partial charge in [-0.15, -0.1) is 0 Å². The van der Waals surface area contributed by atoms with E-state index in [9.17, 15) is 43.2 Å². The van der Waals surface area contributed by atoms with Gasteiger partial charge < -0.3 is 33.8 Å². The molecule has 0 aromatic heterocycles. The topological polar surface area (TPSA) is 237 Å². The maximum absolute atomic E-state index is 13.2. The lowest BCUT2D eigenvalue weighted by atomic mass is 10.0. The summed E-state index contributed by atoms with van der Waals surface area (Å²) >= 11 is 0. The fraction of sp³-hybridized carbons (Fsp3) is 0.956. The van der Waals surface area contributed by atoms with Crippen LogP contribution < -0.4 is 0 Å². The summed E-state index contributed by atoms with van der Waals surface area (Å²) in [5, 5.41) is 10.7. The smallest absolute Gasteiger partial charge is 0.462 e. The van der Waals surface area contributed by atoms with Crippen LogP contribution in [-0.2, 0) is 65.4 Å². The average Bonchev–Trinajstić information content (AvgIpc) is 0.901. The number of ether oxygens (including phenoxy) is 4. The number of unbranched alkanes of at least 4 members (excludes halogenated alkanes) is 65. The van der Waals surface area contributed by atoms with Gasteiger partial charge in [-0.25, -0.2) is 9.13 Å². The second-order valence-electron chi connectivity index (χ2n) is 32.3. The molecule has 0 fully saturated rings. The number of phosphoric acid groups is 2. The quantitative estimate of drug-likeness (QED) is 0.0222. The Bertz CT molecular complexity index is 2050. The Labute approximate surface area is 670 Å². The number of hydrogen-bond acceptors (Lipinski definition) is 15. The van der Waals surface area contributed by atoms with Crippen molar-refractivity contribution in [3.05, 3.63) is 0 Å². The van der Waals surface area contributed by atoms with E-state index in [1.54, 1.807) is 0 Å². The van der Waals surface area contributed by atoms with Gasteiger partial charge in [-0.2, -0.15) is 0 Å². The van der Waals surface area contributed by atoms with Crippen molar-refractivity contribution in [2.75, 3.05) is 39.6 Å². The Morgan fingerprint density at radius 2 is 0.367 bits per heavy atom. The Morgan fingerprint density at radius 1 is 0.220 bits per heavy atom. The molecule has 0 heterocycles. The fourth-order valence-electron chi connectivity index (χ4n) is 14.2. The number of carbonyl (C=O) groups is 4. The van der Waals surface area contributed by atoms with E-state index in [2.05, 4.69) is 27.7 Å². The lowest BCUT2D eigenvalue weighted by molar-refractivity contribution is -0.161. The summed E-state index contributed by atoms with van der Waals surface area (Å²) in [6.45, 7) is 5.08. The molecule has 109 heavy (non-hydrogen) atoms. The second kappa shape index (κ2) is 84.0. The second-order valence-corrected chi connectivity index (χ2v) is 35.3. The van der Waals surface area contributed by atoms with Crippen LogP contribution in [0.15, 0.2) is 0 Å². The minimum atomic E-state index is -4.97. The van der Waals surface area contributed by atoms with Crippen LogP contribution in [0.3, 0.4) is 0 Å². The molecular formula is C90H176O17P2. The van der Waals surface area contributed by atoms with Crippen molar-refractivity contribution in [3.8, 4) is 0 Å². The highest BCUT2D eigenvalue weighted by molar-refractivity contribution is 7.47. The van der Waals surface area contributed by atoms with Gasteiger partial charge in [0.05, 0.1) is 26.4 Å². The van der Waals surface area contributed by atoms with Crippen molar-refractivity contribution in [1.29, 1.82) is 0 Å². The third kappa shape index (κ3) is 83.8. The van der Waals surface area contributed by atoms with E-state index in [1.807, 2.05) is 0 Å². The van der Waals surface area contributed by atoms with Crippen LogP contribution in [0.4, 0.5) is 0 Å². The van der Waals surface area contributed by atoms with E-state index in [1.165, 1.54) is 327 Å². The molecule has 0 aromatic carbocycles. The SMILES string of the molecule is CCCCCCCCCCCCCCCCCCCCCCC(=O)O[C@H](COC(=O)CCCCCCCCCCCCCCCCCCCCC)COP(=O)(O)OC[C@@H](O)COP(=O)(O)OC[C@@H](COC(=O)CCCCCCCCCCCCC)OC(=O)CCCCCCCCCCCCCCCCCCCCC. The molecule has 0 bridgehead atoms. The molecule has 19 heteroatoms. The van der Waals surface area contributed by atoms with E-state index in [-0.39, 0.29) is 25.7 Å². The number of aliphatic hydroxyl groups is 1. The number of phosphoric ester groups is 2. The van der Waals surface area contributed by atoms with Crippen molar-refractivity contribution in [2.45, 2.75) is 515 Å². The highest BCUT2D eigenvalue weighted by Gasteiger charge is 2.30. The minimum Gasteiger partial charge on any atom is -0.462 e. The molecule has 0 aliphatic carbocycles. The summed E-state index contributed by atoms with van der Waals surface area (Å²) in [7, 11) is -9.93. The summed E-state index contributed by atoms with van der Waals surface area (Å²) in [5.74, 6) is -2.09. The van der Waals surface area contributed by atoms with Gasteiger partial charge in [-0.1, -0.05) is 445 Å². The maximum atomic E-state index is 13.2. The van der Waals surface area contributed by atoms with Crippen molar-refractivity contribution in [2.24, 2.45) is 0 Å². The van der Waals surface area contributed by atoms with Crippen LogP contribution in [0.2, 0.25) is 0 Å². The molecule has 648 valence electrons. The predicted octanol–water partition coefficient (Wildman–Crippen LogP) is 28.1. The summed E-state index contributed by atoms with van der Waals surface area (Å²) in [5.41, 5.74) is 0. The molecule has 0 radical (unpaired) electrons. The summed E-state index contributed by atoms with van der Waals surface area (Å²) in [6.07, 6.45) is 80.6. The van der Waals surface area contributed by atoms with Gasteiger partial charge in [-0.3, -0.25) is 37.3 Å². The normalized spacial score (nSPS) is 13.6. The predicted molar refractivity (Wildman–Crippen MR) is 451 cm³/mol. The van der Waals surface area contributed by atoms with Gasteiger partial charge in [-0.05, 0) is 25.7 Å². The van der Waals surface area contributed by atoms with Crippen LogP contribution in [0.5, 0.6) is 0 Å². The molecule has 0 saturated carbocycles. The zero-order valence-electron chi connectivity index (χ0n) is 71.5. The summed E-state index contributed by atoms with van der Waals surface area (Å²) in [6, 6.07) is 0. The zero-order chi connectivity index (χ0) is 79.6. The molecule has 0 amide bonds. The van der Waals surface area contributed by atoms with Crippen molar-refractivity contribution in [1.82, 2.24) is 0 Å². The van der Waals surface area contributed by atoms with E-state index >= 15 is 0 Å². The first-order chi connectivity index (χ1) is 53.2. The fourth-order valence-corrected chi connectivity index (χ4v) is 15.8. The van der Waals surface area contributed by atoms with Gasteiger partial charge in [0, 0.05) is 25.7 Å². The van der Waals surface area contributed by atoms with E-state index in [4.69, 9.17) is 37.0 Å². The maximum Gasteiger partial charge on any atom is 0.472 e. The summed E-state index contributed by atoms with van der Waals surface area (Å²) in [4.78, 5) is 73.4. The van der Waals surface area contributed by atoms with Gasteiger partial charge in [0.15, 0.2) is 12.2 Å². The van der Waals surface area contributed by atoms with Crippen molar-refractivity contribution < 1.29 is 80.2 Å². The summed E-state index contributed by atoms with van der Waals surface area (Å²) < 4.78 is 69.0. The first-order valence-corrected chi connectivity index (χ1v) is 49.8. The molecule has 0 aliphatic rings. The average molecular weight is 1590 g/mol. The third-order valence-corrected chi connectivity index (χ3v) is 23.3. The van der Waals surface area contributed by atoms with E-state index < -0.39 is 97.5 Å². The monoisotopic (exact) mass is 1590 g/mol. The number of rotatable bonds is 91. The van der Waals surface area contributed by atoms with Crippen molar-refractivity contribution in [3.63, 3.8) is 0 Å². The Balaban J connectivity index is 5.23. The van der Waals surface area contributed by atoms with E-state index in [0.29, 0.717) is 25.7 Å². The van der Waals surface area contributed by atoms with Crippen LogP contribution in [0, 0.1) is 0 Å². The van der Waals surface area contributed by atoms with Crippen LogP contribution >= 0.6 is 15.6 Å². The Morgan fingerprint density at radius 3 is 0.541 bits per heavy atom. The third-order valence-electron chi connectivity index (χ3n) is 21.4. The molecule has 3 N–H and O–H groups in total. The molecule has 5 atom stereocenters. The molecule has 2 unspecified atom stereocenters. The van der Waals surface area contributed by atoms with Gasteiger partial charge in [0.2, 0.25) is 0 Å². The first-order valence-electron chi connectivity index (χ1n) is 46.8. The minimum absolute atomic E-state index is 0.110. The van der Waals surface area contributed by atoms with Gasteiger partial charge in [0.1, 0.15) is 19.3 Å². The molecule has 0 aromatic rings. The lowest BCUT2D eigenvalue weighted by Gasteiger charge is -2.21. The number of esters is 4. The van der Waals surface area contributed by atoms with E-state index in [0.717, 1.165) is 89.9 Å². The first kappa shape index (κ1) is 107. The van der Waals surface area contributed by atoms with Gasteiger partial charge in [0.25, 0.3) is 0 Å². The van der Waals surface area contributed by atoms with Crippen LogP contribution in [0.25, 0.3) is 0 Å². The van der Waals surface area contributed by atoms with Crippen LogP contribution in [0.1, 0.15) is 496 Å². The number of carbonyl (C=O) groups excluding carboxylic acids is 4. The number of aliphatic hydroxyl groups excluding tert-OH is 1. The Kier molecular flexibility index (Phi) is 82.5. The standard InChI is InChI=1S/C90H176O17P2/c1-5-9-13-17-21-25-29-32-35-38-41-44-47-50-53-57-61-65-69-73-77-90(95)107-86(81-101-88(93)75-71-67-63-59-55-51-48-45-42-39-36-33-30-26-22-18-14-10-6-2)83-105-109(98,99)103-79-84(91)78-102-108(96,97)104-82-85(80-100-87(92)74-70-66-62-58-54-28-24-20-16-12-8-4)106-89(94)76-72-68-64-60-56-52-49-46-43-40-37-34-31-27-23-19-15-11-7-3/h84-86,91H,5-83H2,1-4H3,(H,96,97)(H,98,99)/t84-,85+,86+/m0/s1. The van der Waals surface area contributed by atoms with Gasteiger partial charge >= 0.3 is 39.5 Å². The van der Waals surface area contributed by atoms with Crippen molar-refractivity contribution >= 4 is 39.5 Å². The Hall–Kier alpha value is -1.94.